The van der Waals surface area contributed by atoms with E-state index in [1.807, 2.05) is 0 Å². The first-order chi connectivity index (χ1) is 3.83. The highest BCUT2D eigenvalue weighted by molar-refractivity contribution is 5.19. The van der Waals surface area contributed by atoms with Gasteiger partial charge in [0.1, 0.15) is 5.54 Å². The van der Waals surface area contributed by atoms with Gasteiger partial charge in [0.25, 0.3) is 0 Å². The Morgan fingerprint density at radius 3 is 2.50 bits per heavy atom. The highest BCUT2D eigenvalue weighted by Gasteiger charge is 2.41. The average molecular weight is 108 g/mol. The lowest BCUT2D eigenvalue weighted by Gasteiger charge is -2.01. The van der Waals surface area contributed by atoms with Gasteiger partial charge in [-0.3, -0.25) is 0 Å². The Hall–Kier alpha value is -0.970. The minimum atomic E-state index is -0.220. The molecule has 0 amide bonds. The Bertz CT molecular complexity index is 139. The van der Waals surface area contributed by atoms with Crippen molar-refractivity contribution >= 4 is 0 Å². The molecule has 1 aliphatic rings. The third kappa shape index (κ3) is 0.671. The molecular formula is C6H8N2. The second-order valence-corrected chi connectivity index (χ2v) is 2.04. The van der Waals surface area contributed by atoms with E-state index in [4.69, 9.17) is 5.26 Å². The van der Waals surface area contributed by atoms with Crippen LogP contribution in [0.2, 0.25) is 0 Å². The normalized spacial score (nSPS) is 20.9. The lowest BCUT2D eigenvalue weighted by Crippen LogP contribution is -2.23. The maximum Gasteiger partial charge on any atom is 0.125 e. The van der Waals surface area contributed by atoms with Crippen molar-refractivity contribution in [2.24, 2.45) is 0 Å². The monoisotopic (exact) mass is 108 g/mol. The van der Waals surface area contributed by atoms with Crippen LogP contribution in [0.5, 0.6) is 0 Å². The molecule has 1 fully saturated rings. The summed E-state index contributed by atoms with van der Waals surface area (Å²) in [5.41, 5.74) is -0.220. The van der Waals surface area contributed by atoms with Crippen molar-refractivity contribution in [2.45, 2.75) is 18.4 Å². The summed E-state index contributed by atoms with van der Waals surface area (Å²) in [6.07, 6.45) is 3.52. The standard InChI is InChI=1S/C6H8N2/c1-2-8-6(5-7)3-4-6/h2,8H,1,3-4H2. The molecule has 0 saturated heterocycles. The van der Waals surface area contributed by atoms with Crippen molar-refractivity contribution in [3.05, 3.63) is 12.8 Å². The molecule has 1 saturated carbocycles. The zero-order valence-corrected chi connectivity index (χ0v) is 4.65. The molecule has 42 valence electrons. The Labute approximate surface area is 48.8 Å². The van der Waals surface area contributed by atoms with E-state index in [9.17, 15) is 0 Å². The van der Waals surface area contributed by atoms with E-state index in [0.29, 0.717) is 0 Å². The number of rotatable bonds is 2. The SMILES string of the molecule is C=CNC1(C#N)CC1. The van der Waals surface area contributed by atoms with Gasteiger partial charge in [0, 0.05) is 0 Å². The third-order valence-electron chi connectivity index (χ3n) is 1.34. The summed E-state index contributed by atoms with van der Waals surface area (Å²) in [6.45, 7) is 3.47. The third-order valence-corrected chi connectivity index (χ3v) is 1.34. The maximum absolute atomic E-state index is 8.43. The molecule has 0 aromatic rings. The van der Waals surface area contributed by atoms with Crippen LogP contribution in [0, 0.1) is 11.3 Å². The quantitative estimate of drug-likeness (QED) is 0.567. The minimum absolute atomic E-state index is 0.220. The van der Waals surface area contributed by atoms with Crippen LogP contribution in [0.1, 0.15) is 12.8 Å². The summed E-state index contributed by atoms with van der Waals surface area (Å²) in [6, 6.07) is 2.17. The molecule has 1 N–H and O–H groups in total. The predicted molar refractivity (Wildman–Crippen MR) is 30.9 cm³/mol. The summed E-state index contributed by atoms with van der Waals surface area (Å²) in [5, 5.41) is 11.3. The lowest BCUT2D eigenvalue weighted by molar-refractivity contribution is 0.723. The van der Waals surface area contributed by atoms with Crippen LogP contribution in [-0.2, 0) is 0 Å². The lowest BCUT2D eigenvalue weighted by atomic mass is 10.3. The first-order valence-corrected chi connectivity index (χ1v) is 2.63. The molecule has 1 rings (SSSR count). The minimum Gasteiger partial charge on any atom is -0.374 e. The number of nitrogens with zero attached hydrogens (tertiary/aromatic N) is 1. The van der Waals surface area contributed by atoms with E-state index in [2.05, 4.69) is 18.0 Å². The smallest absolute Gasteiger partial charge is 0.125 e. The van der Waals surface area contributed by atoms with Crippen molar-refractivity contribution in [3.8, 4) is 6.07 Å². The summed E-state index contributed by atoms with van der Waals surface area (Å²) in [4.78, 5) is 0. The summed E-state index contributed by atoms with van der Waals surface area (Å²) in [5.74, 6) is 0. The highest BCUT2D eigenvalue weighted by atomic mass is 15.0. The van der Waals surface area contributed by atoms with E-state index in [0.717, 1.165) is 12.8 Å². The Kier molecular flexibility index (Phi) is 0.980. The number of hydrogen-bond acceptors (Lipinski definition) is 2. The van der Waals surface area contributed by atoms with Crippen LogP contribution >= 0.6 is 0 Å². The van der Waals surface area contributed by atoms with Crippen molar-refractivity contribution in [3.63, 3.8) is 0 Å². The molecule has 2 heteroatoms. The molecule has 0 atom stereocenters. The van der Waals surface area contributed by atoms with Crippen molar-refractivity contribution < 1.29 is 0 Å². The Morgan fingerprint density at radius 1 is 1.75 bits per heavy atom. The maximum atomic E-state index is 8.43. The van der Waals surface area contributed by atoms with Gasteiger partial charge in [-0.05, 0) is 19.0 Å². The zero-order chi connectivity index (χ0) is 6.04. The van der Waals surface area contributed by atoms with Gasteiger partial charge < -0.3 is 5.32 Å². The van der Waals surface area contributed by atoms with Gasteiger partial charge in [-0.1, -0.05) is 6.58 Å². The van der Waals surface area contributed by atoms with Crippen LogP contribution in [0.4, 0.5) is 0 Å². The molecular weight excluding hydrogens is 100 g/mol. The number of hydrogen-bond donors (Lipinski definition) is 1. The molecule has 0 aromatic heterocycles. The molecule has 0 radical (unpaired) electrons. The largest absolute Gasteiger partial charge is 0.374 e. The van der Waals surface area contributed by atoms with E-state index >= 15 is 0 Å². The van der Waals surface area contributed by atoms with Gasteiger partial charge in [-0.15, -0.1) is 0 Å². The van der Waals surface area contributed by atoms with E-state index in [1.54, 1.807) is 6.20 Å². The summed E-state index contributed by atoms with van der Waals surface area (Å²) >= 11 is 0. The average Bonchev–Trinajstić information content (AvgIpc) is 2.50. The Balaban J connectivity index is 2.44. The molecule has 1 aliphatic carbocycles. The summed E-state index contributed by atoms with van der Waals surface area (Å²) in [7, 11) is 0. The van der Waals surface area contributed by atoms with Crippen LogP contribution in [0.3, 0.4) is 0 Å². The van der Waals surface area contributed by atoms with E-state index in [-0.39, 0.29) is 5.54 Å². The van der Waals surface area contributed by atoms with Crippen LogP contribution < -0.4 is 5.32 Å². The molecule has 0 spiro atoms. The molecule has 8 heavy (non-hydrogen) atoms. The first-order valence-electron chi connectivity index (χ1n) is 2.63. The Morgan fingerprint density at radius 2 is 2.38 bits per heavy atom. The number of nitriles is 1. The van der Waals surface area contributed by atoms with Gasteiger partial charge in [0.05, 0.1) is 6.07 Å². The second-order valence-electron chi connectivity index (χ2n) is 2.04. The van der Waals surface area contributed by atoms with Gasteiger partial charge >= 0.3 is 0 Å². The van der Waals surface area contributed by atoms with Gasteiger partial charge in [0.15, 0.2) is 0 Å². The molecule has 0 aliphatic heterocycles. The van der Waals surface area contributed by atoms with Crippen molar-refractivity contribution in [1.29, 1.82) is 5.26 Å². The predicted octanol–water partition coefficient (Wildman–Crippen LogP) is 0.776. The topological polar surface area (TPSA) is 35.8 Å². The van der Waals surface area contributed by atoms with Crippen molar-refractivity contribution in [2.75, 3.05) is 0 Å². The van der Waals surface area contributed by atoms with Gasteiger partial charge in [-0.2, -0.15) is 5.26 Å². The van der Waals surface area contributed by atoms with Gasteiger partial charge in [-0.25, -0.2) is 0 Å². The van der Waals surface area contributed by atoms with E-state index < -0.39 is 0 Å². The highest BCUT2D eigenvalue weighted by Crippen LogP contribution is 2.33. The second kappa shape index (κ2) is 1.52. The molecule has 2 nitrogen and oxygen atoms in total. The van der Waals surface area contributed by atoms with E-state index in [1.165, 1.54) is 0 Å². The number of nitrogens with one attached hydrogen (secondary N) is 1. The fourth-order valence-corrected chi connectivity index (χ4v) is 0.609. The molecule has 0 unspecified atom stereocenters. The van der Waals surface area contributed by atoms with Gasteiger partial charge in [0.2, 0.25) is 0 Å². The molecule has 0 aromatic carbocycles. The molecule has 0 heterocycles. The fourth-order valence-electron chi connectivity index (χ4n) is 0.609. The van der Waals surface area contributed by atoms with Crippen LogP contribution in [0.25, 0.3) is 0 Å². The first kappa shape index (κ1) is 5.17. The zero-order valence-electron chi connectivity index (χ0n) is 4.65. The van der Waals surface area contributed by atoms with Crippen molar-refractivity contribution in [1.82, 2.24) is 5.32 Å². The van der Waals surface area contributed by atoms with Crippen LogP contribution in [-0.4, -0.2) is 5.54 Å². The fraction of sp³-hybridized carbons (Fsp3) is 0.500. The molecule has 0 bridgehead atoms. The summed E-state index contributed by atoms with van der Waals surface area (Å²) < 4.78 is 0. The van der Waals surface area contributed by atoms with Crippen LogP contribution in [0.15, 0.2) is 12.8 Å².